The van der Waals surface area contributed by atoms with Gasteiger partial charge in [0.15, 0.2) is 0 Å². The Labute approximate surface area is 128 Å². The molecular weight excluding hydrogens is 288 g/mol. The second-order valence-corrected chi connectivity index (χ2v) is 8.94. The number of hydrogen-bond donors (Lipinski definition) is 0. The predicted molar refractivity (Wildman–Crippen MR) is 82.7 cm³/mol. The maximum atomic E-state index is 12.7. The quantitative estimate of drug-likeness (QED) is 0.784. The van der Waals surface area contributed by atoms with E-state index in [0.29, 0.717) is 32.0 Å². The summed E-state index contributed by atoms with van der Waals surface area (Å²) >= 11 is 0. The van der Waals surface area contributed by atoms with E-state index in [1.807, 2.05) is 0 Å². The van der Waals surface area contributed by atoms with Gasteiger partial charge in [0, 0.05) is 32.8 Å². The smallest absolute Gasteiger partial charge is 0.217 e. The summed E-state index contributed by atoms with van der Waals surface area (Å²) in [6.45, 7) is 6.12. The molecule has 0 saturated carbocycles. The van der Waals surface area contributed by atoms with Crippen LogP contribution in [0.5, 0.6) is 0 Å². The Hall–Kier alpha value is -0.170. The molecule has 3 aliphatic heterocycles. The van der Waals surface area contributed by atoms with Crippen LogP contribution in [0.4, 0.5) is 0 Å². The fourth-order valence-corrected chi connectivity index (χ4v) is 5.86. The van der Waals surface area contributed by atoms with Gasteiger partial charge in [-0.15, -0.1) is 0 Å². The van der Waals surface area contributed by atoms with Crippen molar-refractivity contribution in [1.29, 1.82) is 0 Å². The van der Waals surface area contributed by atoms with E-state index < -0.39 is 10.0 Å². The van der Waals surface area contributed by atoms with Gasteiger partial charge in [-0.05, 0) is 51.1 Å². The molecule has 3 saturated heterocycles. The van der Waals surface area contributed by atoms with Gasteiger partial charge in [-0.25, -0.2) is 12.7 Å². The number of piperidine rings is 1. The van der Waals surface area contributed by atoms with Gasteiger partial charge in [0.2, 0.25) is 10.0 Å². The van der Waals surface area contributed by atoms with Gasteiger partial charge >= 0.3 is 0 Å². The first-order valence-corrected chi connectivity index (χ1v) is 9.95. The van der Waals surface area contributed by atoms with Crippen molar-refractivity contribution in [2.45, 2.75) is 43.8 Å². The molecule has 21 heavy (non-hydrogen) atoms. The summed E-state index contributed by atoms with van der Waals surface area (Å²) in [4.78, 5) is 2.53. The molecule has 3 fully saturated rings. The Balaban J connectivity index is 1.53. The summed E-state index contributed by atoms with van der Waals surface area (Å²) in [5, 5.41) is -0.208. The topological polar surface area (TPSA) is 49.9 Å². The highest BCUT2D eigenvalue weighted by Crippen LogP contribution is 2.27. The van der Waals surface area contributed by atoms with E-state index in [4.69, 9.17) is 4.74 Å². The molecule has 0 aromatic heterocycles. The molecule has 0 aliphatic carbocycles. The lowest BCUT2D eigenvalue weighted by molar-refractivity contribution is 0.0973. The van der Waals surface area contributed by atoms with Gasteiger partial charge in [-0.1, -0.05) is 6.42 Å². The summed E-state index contributed by atoms with van der Waals surface area (Å²) in [6, 6.07) is 0. The Bertz CT molecular complexity index is 428. The molecule has 0 aromatic carbocycles. The Morgan fingerprint density at radius 1 is 0.952 bits per heavy atom. The molecule has 0 radical (unpaired) electrons. The minimum absolute atomic E-state index is 0.208. The van der Waals surface area contributed by atoms with E-state index in [9.17, 15) is 8.42 Å². The molecule has 0 amide bonds. The van der Waals surface area contributed by atoms with Crippen molar-refractivity contribution >= 4 is 10.0 Å². The molecule has 0 N–H and O–H groups in total. The number of rotatable bonds is 4. The number of nitrogens with zero attached hydrogens (tertiary/aromatic N) is 2. The first-order valence-electron chi connectivity index (χ1n) is 8.45. The molecule has 1 unspecified atom stereocenters. The third kappa shape index (κ3) is 3.78. The molecule has 0 spiro atoms. The third-order valence-corrected chi connectivity index (χ3v) is 7.53. The minimum Gasteiger partial charge on any atom is -0.381 e. The zero-order valence-corrected chi connectivity index (χ0v) is 13.7. The molecule has 3 heterocycles. The van der Waals surface area contributed by atoms with E-state index in [2.05, 4.69) is 4.90 Å². The van der Waals surface area contributed by atoms with E-state index in [1.165, 1.54) is 32.4 Å². The number of likely N-dealkylation sites (tertiary alicyclic amines) is 1. The lowest BCUT2D eigenvalue weighted by Gasteiger charge is -2.29. The average Bonchev–Trinajstić information content (AvgIpc) is 2.98. The molecule has 122 valence electrons. The van der Waals surface area contributed by atoms with Gasteiger partial charge in [0.25, 0.3) is 0 Å². The SMILES string of the molecule is O=S(=O)(C1CCOCC1)N1CCC(CN2CCCCC2)C1. The van der Waals surface area contributed by atoms with Crippen LogP contribution in [0.3, 0.4) is 0 Å². The molecule has 6 heteroatoms. The molecule has 1 atom stereocenters. The normalized spacial score (nSPS) is 30.8. The van der Waals surface area contributed by atoms with Gasteiger partial charge < -0.3 is 9.64 Å². The molecule has 3 rings (SSSR count). The highest BCUT2D eigenvalue weighted by atomic mass is 32.2. The number of sulfonamides is 1. The fraction of sp³-hybridized carbons (Fsp3) is 1.00. The van der Waals surface area contributed by atoms with Crippen molar-refractivity contribution in [1.82, 2.24) is 9.21 Å². The molecule has 3 aliphatic rings. The zero-order chi connectivity index (χ0) is 14.7. The van der Waals surface area contributed by atoms with E-state index >= 15 is 0 Å². The summed E-state index contributed by atoms with van der Waals surface area (Å²) in [5.74, 6) is 0.526. The second-order valence-electron chi connectivity index (χ2n) is 6.73. The standard InChI is InChI=1S/C15H28N2O3S/c18-21(19,15-5-10-20-11-6-15)17-9-4-14(13-17)12-16-7-2-1-3-8-16/h14-15H,1-13H2. The third-order valence-electron chi connectivity index (χ3n) is 5.16. The highest BCUT2D eigenvalue weighted by Gasteiger charge is 2.37. The predicted octanol–water partition coefficient (Wildman–Crippen LogP) is 1.30. The highest BCUT2D eigenvalue weighted by molar-refractivity contribution is 7.89. The summed E-state index contributed by atoms with van der Waals surface area (Å²) in [5.41, 5.74) is 0. The summed E-state index contributed by atoms with van der Waals surface area (Å²) in [6.07, 6.45) is 6.31. The molecule has 0 aromatic rings. The van der Waals surface area contributed by atoms with Crippen LogP contribution in [0.15, 0.2) is 0 Å². The summed E-state index contributed by atoms with van der Waals surface area (Å²) in [7, 11) is -3.10. The monoisotopic (exact) mass is 316 g/mol. The van der Waals surface area contributed by atoms with Crippen LogP contribution in [0.25, 0.3) is 0 Å². The second kappa shape index (κ2) is 6.94. The fourth-order valence-electron chi connectivity index (χ4n) is 3.87. The molecule has 5 nitrogen and oxygen atoms in total. The minimum atomic E-state index is -3.10. The van der Waals surface area contributed by atoms with Crippen LogP contribution in [0, 0.1) is 5.92 Å². The van der Waals surface area contributed by atoms with Crippen molar-refractivity contribution < 1.29 is 13.2 Å². The van der Waals surface area contributed by atoms with Crippen LogP contribution in [-0.4, -0.2) is 68.8 Å². The van der Waals surface area contributed by atoms with Gasteiger partial charge in [-0.3, -0.25) is 0 Å². The zero-order valence-electron chi connectivity index (χ0n) is 12.9. The largest absolute Gasteiger partial charge is 0.381 e. The first kappa shape index (κ1) is 15.7. The molecule has 0 bridgehead atoms. The Morgan fingerprint density at radius 2 is 1.67 bits per heavy atom. The maximum Gasteiger partial charge on any atom is 0.217 e. The first-order chi connectivity index (χ1) is 10.2. The van der Waals surface area contributed by atoms with E-state index in [-0.39, 0.29) is 5.25 Å². The Kier molecular flexibility index (Phi) is 5.19. The van der Waals surface area contributed by atoms with Crippen LogP contribution < -0.4 is 0 Å². The van der Waals surface area contributed by atoms with Crippen LogP contribution in [0.1, 0.15) is 38.5 Å². The molecular formula is C15H28N2O3S. The van der Waals surface area contributed by atoms with Crippen molar-refractivity contribution in [3.05, 3.63) is 0 Å². The van der Waals surface area contributed by atoms with Crippen LogP contribution >= 0.6 is 0 Å². The van der Waals surface area contributed by atoms with Crippen LogP contribution in [-0.2, 0) is 14.8 Å². The number of ether oxygens (including phenoxy) is 1. The van der Waals surface area contributed by atoms with Gasteiger partial charge in [0.05, 0.1) is 5.25 Å². The van der Waals surface area contributed by atoms with Crippen molar-refractivity contribution in [2.24, 2.45) is 5.92 Å². The van der Waals surface area contributed by atoms with Crippen molar-refractivity contribution in [3.8, 4) is 0 Å². The van der Waals surface area contributed by atoms with Crippen molar-refractivity contribution in [3.63, 3.8) is 0 Å². The Morgan fingerprint density at radius 3 is 2.38 bits per heavy atom. The average molecular weight is 316 g/mol. The van der Waals surface area contributed by atoms with Crippen molar-refractivity contribution in [2.75, 3.05) is 45.9 Å². The summed E-state index contributed by atoms with van der Waals surface area (Å²) < 4.78 is 32.4. The van der Waals surface area contributed by atoms with Crippen LogP contribution in [0.2, 0.25) is 0 Å². The number of hydrogen-bond acceptors (Lipinski definition) is 4. The van der Waals surface area contributed by atoms with E-state index in [0.717, 1.165) is 26.1 Å². The van der Waals surface area contributed by atoms with E-state index in [1.54, 1.807) is 4.31 Å². The lowest BCUT2D eigenvalue weighted by atomic mass is 10.1. The van der Waals surface area contributed by atoms with Gasteiger partial charge in [-0.2, -0.15) is 0 Å². The maximum absolute atomic E-state index is 12.7. The van der Waals surface area contributed by atoms with Gasteiger partial charge in [0.1, 0.15) is 0 Å². The lowest BCUT2D eigenvalue weighted by Crippen LogP contribution is -2.41.